The van der Waals surface area contributed by atoms with Crippen molar-refractivity contribution in [1.29, 1.82) is 0 Å². The van der Waals surface area contributed by atoms with Gasteiger partial charge < -0.3 is 53.0 Å². The first-order chi connectivity index (χ1) is 37.2. The molecule has 19 nitrogen and oxygen atoms in total. The molecule has 2 N–H and O–H groups in total. The molecule has 4 rings (SSSR count). The van der Waals surface area contributed by atoms with Crippen molar-refractivity contribution >= 4 is 47.1 Å². The molecule has 2 saturated heterocycles. The standard InChI is InChI=1S/C60H91NO18/c1-35-19-15-14-16-20-36(2)49(72-11)31-45-24-22-41(7)60(71,79-45)55(67)56(68)61-26-18-17-21-46(61)57(69)77-50(32-47(64)37(3)28-40(6)53(66)54(74-13)52(65)39(5)27-35)38(4)29-44-23-25-48(51(30-44)73-12)78-58(70)59(10,33-75-42(8)62)34-76-43(9)63/h14-16,19-20,28,35,37-39,41,44-46,48-51,53-54,66,71H,17-18,21-27,29-34H2,1-13H3/b16-14+,19-15+,36-20+,40-28+/t35-,37-,38-,39-,41-,44+,45+,46+,48-,49+,50+,51-,53-,54+,60-/m1/s1. The number of carbonyl (C=O) groups is 8. The first-order valence-corrected chi connectivity index (χ1v) is 28.2. The summed E-state index contributed by atoms with van der Waals surface area (Å²) in [6.45, 7) is 15.6. The molecule has 19 heteroatoms. The van der Waals surface area contributed by atoms with Crippen LogP contribution < -0.4 is 0 Å². The summed E-state index contributed by atoms with van der Waals surface area (Å²) >= 11 is 0. The van der Waals surface area contributed by atoms with Crippen LogP contribution in [0, 0.1) is 40.9 Å². The van der Waals surface area contributed by atoms with E-state index in [4.69, 9.17) is 37.9 Å². The zero-order valence-electron chi connectivity index (χ0n) is 49.0. The highest BCUT2D eigenvalue weighted by Gasteiger charge is 2.53. The van der Waals surface area contributed by atoms with Gasteiger partial charge in [-0.25, -0.2) is 4.79 Å². The lowest BCUT2D eigenvalue weighted by atomic mass is 9.78. The van der Waals surface area contributed by atoms with Gasteiger partial charge >= 0.3 is 23.9 Å². The maximum Gasteiger partial charge on any atom is 0.329 e. The van der Waals surface area contributed by atoms with E-state index in [-0.39, 0.29) is 62.4 Å². The molecule has 0 radical (unpaired) electrons. The van der Waals surface area contributed by atoms with Gasteiger partial charge in [-0.3, -0.25) is 33.6 Å². The highest BCUT2D eigenvalue weighted by molar-refractivity contribution is 6.39. The Labute approximate surface area is 467 Å². The van der Waals surface area contributed by atoms with Crippen molar-refractivity contribution in [3.05, 3.63) is 47.6 Å². The summed E-state index contributed by atoms with van der Waals surface area (Å²) in [6, 6.07) is -1.23. The van der Waals surface area contributed by atoms with E-state index in [1.807, 2.05) is 51.2 Å². The lowest BCUT2D eigenvalue weighted by molar-refractivity contribution is -0.265. The van der Waals surface area contributed by atoms with E-state index in [0.717, 1.165) is 10.5 Å². The van der Waals surface area contributed by atoms with Crippen LogP contribution in [0.1, 0.15) is 146 Å². The van der Waals surface area contributed by atoms with Crippen molar-refractivity contribution in [3.63, 3.8) is 0 Å². The Bertz CT molecular complexity index is 2230. The molecule has 0 aromatic carbocycles. The monoisotopic (exact) mass is 1110 g/mol. The van der Waals surface area contributed by atoms with Crippen LogP contribution in [0.15, 0.2) is 47.6 Å². The molecule has 3 heterocycles. The number of hydrogen-bond donors (Lipinski definition) is 2. The lowest BCUT2D eigenvalue weighted by Crippen LogP contribution is -2.61. The second-order valence-electron chi connectivity index (χ2n) is 23.1. The van der Waals surface area contributed by atoms with Crippen molar-refractivity contribution in [2.75, 3.05) is 41.1 Å². The Balaban J connectivity index is 1.68. The van der Waals surface area contributed by atoms with Crippen LogP contribution in [-0.4, -0.2) is 158 Å². The number of methoxy groups -OCH3 is 3. The highest BCUT2D eigenvalue weighted by atomic mass is 16.6. The van der Waals surface area contributed by atoms with Gasteiger partial charge in [0.1, 0.15) is 54.9 Å². The third kappa shape index (κ3) is 18.6. The van der Waals surface area contributed by atoms with Gasteiger partial charge in [-0.05, 0) is 114 Å². The van der Waals surface area contributed by atoms with Gasteiger partial charge in [-0.2, -0.15) is 0 Å². The van der Waals surface area contributed by atoms with Crippen molar-refractivity contribution in [2.24, 2.45) is 40.9 Å². The van der Waals surface area contributed by atoms with E-state index in [2.05, 4.69) is 0 Å². The Morgan fingerprint density at radius 3 is 2.11 bits per heavy atom. The Kier molecular flexibility index (Phi) is 25.9. The molecule has 4 aliphatic rings. The molecule has 0 aromatic heterocycles. The van der Waals surface area contributed by atoms with Gasteiger partial charge in [0.25, 0.3) is 11.7 Å². The first kappa shape index (κ1) is 66.6. The number of hydrogen-bond acceptors (Lipinski definition) is 18. The summed E-state index contributed by atoms with van der Waals surface area (Å²) in [5, 5.41) is 23.6. The Morgan fingerprint density at radius 2 is 1.49 bits per heavy atom. The fraction of sp³-hybridized carbons (Fsp3) is 0.733. The van der Waals surface area contributed by atoms with Crippen LogP contribution in [-0.2, 0) is 76.3 Å². The summed E-state index contributed by atoms with van der Waals surface area (Å²) in [7, 11) is 4.40. The number of amides is 1. The number of Topliss-reactive ketones (excluding diaryl/α,β-unsaturated/α-hetero) is 3. The zero-order chi connectivity index (χ0) is 58.9. The second kappa shape index (κ2) is 30.8. The van der Waals surface area contributed by atoms with Crippen molar-refractivity contribution in [3.8, 4) is 0 Å². The van der Waals surface area contributed by atoms with Crippen molar-refractivity contribution in [1.82, 2.24) is 4.90 Å². The summed E-state index contributed by atoms with van der Waals surface area (Å²) < 4.78 is 46.1. The molecule has 79 heavy (non-hydrogen) atoms. The molecule has 0 spiro atoms. The van der Waals surface area contributed by atoms with E-state index >= 15 is 0 Å². The number of fused-ring (bicyclic) bond motifs is 3. The fourth-order valence-electron chi connectivity index (χ4n) is 11.2. The number of ether oxygens (including phenoxy) is 8. The molecule has 0 unspecified atom stereocenters. The maximum atomic E-state index is 14.6. The fourth-order valence-corrected chi connectivity index (χ4v) is 11.2. The lowest BCUT2D eigenvalue weighted by Gasteiger charge is -2.42. The molecule has 3 fully saturated rings. The zero-order valence-corrected chi connectivity index (χ0v) is 49.0. The number of carbonyl (C=O) groups excluding carboxylic acids is 8. The average molecular weight is 1110 g/mol. The van der Waals surface area contributed by atoms with Crippen molar-refractivity contribution in [2.45, 2.75) is 201 Å². The second-order valence-corrected chi connectivity index (χ2v) is 23.1. The normalized spacial score (nSPS) is 35.3. The van der Waals surface area contributed by atoms with E-state index in [1.165, 1.54) is 35.0 Å². The number of nitrogens with zero attached hydrogens (tertiary/aromatic N) is 1. The minimum absolute atomic E-state index is 0.0189. The van der Waals surface area contributed by atoms with Crippen LogP contribution in [0.5, 0.6) is 0 Å². The summed E-state index contributed by atoms with van der Waals surface area (Å²) in [5.41, 5.74) is -0.316. The third-order valence-electron chi connectivity index (χ3n) is 16.4. The van der Waals surface area contributed by atoms with Gasteiger partial charge in [0.05, 0.1) is 18.3 Å². The average Bonchev–Trinajstić information content (AvgIpc) is 3.42. The Morgan fingerprint density at radius 1 is 0.823 bits per heavy atom. The molecule has 1 amide bonds. The van der Waals surface area contributed by atoms with Gasteiger partial charge in [0.2, 0.25) is 5.79 Å². The van der Waals surface area contributed by atoms with Gasteiger partial charge in [-0.1, -0.05) is 71.1 Å². The number of rotatable bonds is 12. The van der Waals surface area contributed by atoms with E-state index in [0.29, 0.717) is 63.4 Å². The van der Waals surface area contributed by atoms with Crippen LogP contribution in [0.2, 0.25) is 0 Å². The number of aliphatic hydroxyl groups excluding tert-OH is 1. The first-order valence-electron chi connectivity index (χ1n) is 28.2. The van der Waals surface area contributed by atoms with Crippen LogP contribution in [0.25, 0.3) is 0 Å². The number of esters is 4. The molecule has 15 atom stereocenters. The van der Waals surface area contributed by atoms with Gasteiger partial charge in [-0.15, -0.1) is 0 Å². The van der Waals surface area contributed by atoms with Gasteiger partial charge in [0.15, 0.2) is 5.78 Å². The minimum atomic E-state index is -2.49. The number of ketones is 3. The van der Waals surface area contributed by atoms with Crippen molar-refractivity contribution < 1.29 is 86.5 Å². The maximum absolute atomic E-state index is 14.6. The number of cyclic esters (lactones) is 1. The van der Waals surface area contributed by atoms with E-state index in [9.17, 15) is 48.6 Å². The predicted molar refractivity (Wildman–Crippen MR) is 290 cm³/mol. The third-order valence-corrected chi connectivity index (χ3v) is 16.4. The van der Waals surface area contributed by atoms with Crippen LogP contribution in [0.3, 0.4) is 0 Å². The van der Waals surface area contributed by atoms with Crippen LogP contribution in [0.4, 0.5) is 0 Å². The van der Waals surface area contributed by atoms with Gasteiger partial charge in [0, 0.05) is 72.3 Å². The SMILES string of the molecule is CO[C@H]1C[C@@H]2CC[C@@H](C)[C@@](O)(O2)C(=O)C(=O)N2CCCC[C@H]2C(=O)O[C@H]([C@H](C)C[C@@H]2CC[C@@H](OC(=O)C(C)(COC(C)=O)COC(C)=O)[C@H](OC)C2)CC(=O)[C@H](C)/C=C(\C)[C@@H](O)[C@@H](OC)C(=O)[C@H](C)C[C@H](C)/C=C/C=C/C=C/1C. The van der Waals surface area contributed by atoms with E-state index < -0.39 is 119 Å². The van der Waals surface area contributed by atoms with Crippen LogP contribution >= 0.6 is 0 Å². The molecular weight excluding hydrogens is 1020 g/mol. The molecular formula is C60H91NO18. The number of allylic oxidation sites excluding steroid dienone is 6. The number of aliphatic hydroxyl groups is 2. The highest BCUT2D eigenvalue weighted by Crippen LogP contribution is 2.39. The minimum Gasteiger partial charge on any atom is -0.465 e. The molecule has 2 bridgehead atoms. The predicted octanol–water partition coefficient (Wildman–Crippen LogP) is 6.86. The van der Waals surface area contributed by atoms with E-state index in [1.54, 1.807) is 40.9 Å². The largest absolute Gasteiger partial charge is 0.465 e. The summed E-state index contributed by atoms with van der Waals surface area (Å²) in [6.07, 6.45) is 9.20. The molecule has 444 valence electrons. The molecule has 3 aliphatic heterocycles. The Hall–Kier alpha value is -4.92. The molecule has 1 aliphatic carbocycles. The number of piperidine rings is 1. The molecule has 0 aromatic rings. The smallest absolute Gasteiger partial charge is 0.329 e. The summed E-state index contributed by atoms with van der Waals surface area (Å²) in [5.74, 6) is -10.9. The topological polar surface area (TPSA) is 254 Å². The quantitative estimate of drug-likeness (QED) is 0.0875. The molecule has 1 saturated carbocycles. The summed E-state index contributed by atoms with van der Waals surface area (Å²) in [4.78, 5) is 110.